The van der Waals surface area contributed by atoms with E-state index in [-0.39, 0.29) is 17.3 Å². The van der Waals surface area contributed by atoms with Crippen molar-refractivity contribution in [1.29, 1.82) is 0 Å². The molecule has 0 saturated heterocycles. The summed E-state index contributed by atoms with van der Waals surface area (Å²) in [6.45, 7) is 0.177. The van der Waals surface area contributed by atoms with Gasteiger partial charge in [0.2, 0.25) is 0 Å². The van der Waals surface area contributed by atoms with Gasteiger partial charge in [-0.25, -0.2) is 0 Å². The largest absolute Gasteiger partial charge is 0.493 e. The van der Waals surface area contributed by atoms with Crippen molar-refractivity contribution in [3.8, 4) is 5.75 Å². The molecule has 0 unspecified atom stereocenters. The van der Waals surface area contributed by atoms with E-state index in [0.717, 1.165) is 12.1 Å². The van der Waals surface area contributed by atoms with Crippen LogP contribution in [-0.2, 0) is 6.18 Å². The molecule has 1 rings (SSSR count). The van der Waals surface area contributed by atoms with Crippen LogP contribution in [0.4, 0.5) is 13.2 Å². The van der Waals surface area contributed by atoms with Crippen LogP contribution >= 0.6 is 12.2 Å². The van der Waals surface area contributed by atoms with Crippen LogP contribution in [0.1, 0.15) is 12.0 Å². The Bertz CT molecular complexity index is 379. The molecule has 0 amide bonds. The summed E-state index contributed by atoms with van der Waals surface area (Å²) in [5.41, 5.74) is 4.49. The SMILES string of the molecule is NC(=S)CCOc1cccc(C(F)(F)F)c1. The summed E-state index contributed by atoms with van der Waals surface area (Å²) < 4.78 is 42.1. The topological polar surface area (TPSA) is 35.2 Å². The Labute approximate surface area is 96.2 Å². The van der Waals surface area contributed by atoms with E-state index >= 15 is 0 Å². The van der Waals surface area contributed by atoms with Crippen molar-refractivity contribution in [3.05, 3.63) is 29.8 Å². The third-order valence-corrected chi connectivity index (χ3v) is 1.98. The molecular formula is C10H10F3NOS. The van der Waals surface area contributed by atoms with Gasteiger partial charge in [0.25, 0.3) is 0 Å². The maximum atomic E-state index is 12.3. The molecule has 0 aromatic heterocycles. The lowest BCUT2D eigenvalue weighted by atomic mass is 10.2. The summed E-state index contributed by atoms with van der Waals surface area (Å²) in [5.74, 6) is 0.158. The van der Waals surface area contributed by atoms with E-state index in [1.807, 2.05) is 0 Å². The number of nitrogens with two attached hydrogens (primary N) is 1. The molecule has 1 aromatic rings. The van der Waals surface area contributed by atoms with E-state index in [4.69, 9.17) is 10.5 Å². The molecular weight excluding hydrogens is 239 g/mol. The molecule has 88 valence electrons. The number of rotatable bonds is 4. The zero-order valence-corrected chi connectivity index (χ0v) is 9.07. The fourth-order valence-corrected chi connectivity index (χ4v) is 1.12. The Morgan fingerprint density at radius 1 is 1.38 bits per heavy atom. The molecule has 16 heavy (non-hydrogen) atoms. The quantitative estimate of drug-likeness (QED) is 0.833. The second-order valence-electron chi connectivity index (χ2n) is 3.09. The van der Waals surface area contributed by atoms with Crippen molar-refractivity contribution in [3.63, 3.8) is 0 Å². The highest BCUT2D eigenvalue weighted by Crippen LogP contribution is 2.31. The van der Waals surface area contributed by atoms with E-state index in [9.17, 15) is 13.2 Å². The Kier molecular flexibility index (Phi) is 4.12. The average Bonchev–Trinajstić information content (AvgIpc) is 2.16. The number of alkyl halides is 3. The Morgan fingerprint density at radius 3 is 2.62 bits per heavy atom. The third kappa shape index (κ3) is 4.06. The lowest BCUT2D eigenvalue weighted by Crippen LogP contribution is -2.12. The minimum atomic E-state index is -4.36. The van der Waals surface area contributed by atoms with E-state index in [1.165, 1.54) is 12.1 Å². The minimum absolute atomic E-state index is 0.158. The number of benzene rings is 1. The Morgan fingerprint density at radius 2 is 2.06 bits per heavy atom. The van der Waals surface area contributed by atoms with Crippen molar-refractivity contribution < 1.29 is 17.9 Å². The van der Waals surface area contributed by atoms with E-state index in [2.05, 4.69) is 12.2 Å². The van der Waals surface area contributed by atoms with Gasteiger partial charge in [0.15, 0.2) is 0 Å². The molecule has 0 radical (unpaired) electrons. The van der Waals surface area contributed by atoms with Gasteiger partial charge in [-0.2, -0.15) is 13.2 Å². The first kappa shape index (κ1) is 12.8. The average molecular weight is 249 g/mol. The predicted molar refractivity (Wildman–Crippen MR) is 58.3 cm³/mol. The summed E-state index contributed by atoms with van der Waals surface area (Å²) >= 11 is 4.61. The summed E-state index contributed by atoms with van der Waals surface area (Å²) in [4.78, 5) is 0.270. The Balaban J connectivity index is 2.64. The zero-order valence-electron chi connectivity index (χ0n) is 8.25. The number of ether oxygens (including phenoxy) is 1. The first-order valence-electron chi connectivity index (χ1n) is 4.48. The monoisotopic (exact) mass is 249 g/mol. The van der Waals surface area contributed by atoms with Crippen LogP contribution in [0.5, 0.6) is 5.75 Å². The van der Waals surface area contributed by atoms with Gasteiger partial charge in [0.05, 0.1) is 17.2 Å². The highest BCUT2D eigenvalue weighted by atomic mass is 32.1. The summed E-state index contributed by atoms with van der Waals surface area (Å²) in [7, 11) is 0. The lowest BCUT2D eigenvalue weighted by Gasteiger charge is -2.09. The molecule has 2 nitrogen and oxygen atoms in total. The number of halogens is 3. The van der Waals surface area contributed by atoms with Crippen LogP contribution < -0.4 is 10.5 Å². The standard InChI is InChI=1S/C10H10F3NOS/c11-10(12,13)7-2-1-3-8(6-7)15-5-4-9(14)16/h1-3,6H,4-5H2,(H2,14,16). The molecule has 0 aliphatic heterocycles. The summed E-state index contributed by atoms with van der Waals surface area (Å²) in [5, 5.41) is 0. The van der Waals surface area contributed by atoms with Gasteiger partial charge in [0, 0.05) is 6.42 Å². The van der Waals surface area contributed by atoms with Gasteiger partial charge < -0.3 is 10.5 Å². The predicted octanol–water partition coefficient (Wildman–Crippen LogP) is 2.76. The normalized spacial score (nSPS) is 11.2. The number of thiocarbonyl (C=S) groups is 1. The van der Waals surface area contributed by atoms with Crippen molar-refractivity contribution in [2.24, 2.45) is 5.73 Å². The molecule has 1 aromatic carbocycles. The first-order chi connectivity index (χ1) is 7.39. The van der Waals surface area contributed by atoms with E-state index < -0.39 is 11.7 Å². The fourth-order valence-electron chi connectivity index (χ4n) is 1.03. The molecule has 0 spiro atoms. The maximum Gasteiger partial charge on any atom is 0.416 e. The van der Waals surface area contributed by atoms with E-state index in [1.54, 1.807) is 0 Å². The summed E-state index contributed by atoms with van der Waals surface area (Å²) in [6, 6.07) is 4.67. The Hall–Kier alpha value is -1.30. The van der Waals surface area contributed by atoms with E-state index in [0.29, 0.717) is 6.42 Å². The van der Waals surface area contributed by atoms with Crippen LogP contribution in [0.3, 0.4) is 0 Å². The number of hydrogen-bond acceptors (Lipinski definition) is 2. The van der Waals surface area contributed by atoms with Crippen molar-refractivity contribution in [1.82, 2.24) is 0 Å². The van der Waals surface area contributed by atoms with Crippen LogP contribution in [0.2, 0.25) is 0 Å². The van der Waals surface area contributed by atoms with Gasteiger partial charge in [-0.1, -0.05) is 18.3 Å². The van der Waals surface area contributed by atoms with Crippen LogP contribution in [0, 0.1) is 0 Å². The molecule has 0 saturated carbocycles. The second-order valence-corrected chi connectivity index (χ2v) is 3.61. The zero-order chi connectivity index (χ0) is 12.2. The van der Waals surface area contributed by atoms with Gasteiger partial charge in [0.1, 0.15) is 5.75 Å². The molecule has 6 heteroatoms. The molecule has 0 heterocycles. The van der Waals surface area contributed by atoms with Crippen LogP contribution in [0.15, 0.2) is 24.3 Å². The van der Waals surface area contributed by atoms with Crippen molar-refractivity contribution >= 4 is 17.2 Å². The minimum Gasteiger partial charge on any atom is -0.493 e. The molecule has 0 fully saturated rings. The van der Waals surface area contributed by atoms with Crippen LogP contribution in [-0.4, -0.2) is 11.6 Å². The van der Waals surface area contributed by atoms with Gasteiger partial charge in [-0.3, -0.25) is 0 Å². The smallest absolute Gasteiger partial charge is 0.416 e. The maximum absolute atomic E-state index is 12.3. The third-order valence-electron chi connectivity index (χ3n) is 1.78. The summed E-state index contributed by atoms with van der Waals surface area (Å²) in [6.07, 6.45) is -4.02. The molecule has 2 N–H and O–H groups in total. The van der Waals surface area contributed by atoms with Gasteiger partial charge >= 0.3 is 6.18 Å². The van der Waals surface area contributed by atoms with Gasteiger partial charge in [-0.05, 0) is 18.2 Å². The molecule has 0 aliphatic carbocycles. The number of hydrogen-bond donors (Lipinski definition) is 1. The van der Waals surface area contributed by atoms with Crippen molar-refractivity contribution in [2.45, 2.75) is 12.6 Å². The first-order valence-corrected chi connectivity index (χ1v) is 4.89. The highest BCUT2D eigenvalue weighted by molar-refractivity contribution is 7.80. The van der Waals surface area contributed by atoms with Crippen LogP contribution in [0.25, 0.3) is 0 Å². The molecule has 0 aliphatic rings. The second kappa shape index (κ2) is 5.16. The fraction of sp³-hybridized carbons (Fsp3) is 0.300. The highest BCUT2D eigenvalue weighted by Gasteiger charge is 2.30. The van der Waals surface area contributed by atoms with Gasteiger partial charge in [-0.15, -0.1) is 0 Å². The molecule has 0 bridgehead atoms. The van der Waals surface area contributed by atoms with Crippen molar-refractivity contribution in [2.75, 3.05) is 6.61 Å². The molecule has 0 atom stereocenters. The lowest BCUT2D eigenvalue weighted by molar-refractivity contribution is -0.137.